The molecule has 0 saturated carbocycles. The van der Waals surface area contributed by atoms with E-state index < -0.39 is 0 Å². The Hall–Kier alpha value is -1.72. The maximum absolute atomic E-state index is 8.97. The van der Waals surface area contributed by atoms with Crippen LogP contribution in [0.25, 0.3) is 10.9 Å². The van der Waals surface area contributed by atoms with Gasteiger partial charge in [-0.15, -0.1) is 0 Å². The third-order valence-corrected chi connectivity index (χ3v) is 4.22. The number of fused-ring (bicyclic) bond motifs is 1. The minimum Gasteiger partial charge on any atom is -0.395 e. The molecule has 1 saturated heterocycles. The van der Waals surface area contributed by atoms with Gasteiger partial charge in [0.25, 0.3) is 0 Å². The Labute approximate surface area is 125 Å². The Balaban J connectivity index is 1.58. The number of hydrogen-bond donors (Lipinski definition) is 2. The summed E-state index contributed by atoms with van der Waals surface area (Å²) in [4.78, 5) is 11.0. The number of benzene rings is 1. The van der Waals surface area contributed by atoms with Crippen LogP contribution in [0.4, 0.5) is 5.82 Å². The van der Waals surface area contributed by atoms with Crippen molar-refractivity contribution < 1.29 is 5.11 Å². The van der Waals surface area contributed by atoms with Crippen LogP contribution in [0.15, 0.2) is 30.6 Å². The molecule has 1 fully saturated rings. The Kier molecular flexibility index (Phi) is 4.62. The molecule has 0 amide bonds. The Morgan fingerprint density at radius 3 is 2.81 bits per heavy atom. The van der Waals surface area contributed by atoms with Crippen LogP contribution in [0.5, 0.6) is 0 Å². The molecule has 0 aliphatic carbocycles. The summed E-state index contributed by atoms with van der Waals surface area (Å²) in [5, 5.41) is 13.5. The summed E-state index contributed by atoms with van der Waals surface area (Å²) in [5.41, 5.74) is 0.979. The van der Waals surface area contributed by atoms with Gasteiger partial charge in [-0.2, -0.15) is 0 Å². The third-order valence-electron chi connectivity index (χ3n) is 4.22. The van der Waals surface area contributed by atoms with Crippen LogP contribution in [-0.4, -0.2) is 52.8 Å². The zero-order valence-corrected chi connectivity index (χ0v) is 12.2. The van der Waals surface area contributed by atoms with E-state index in [2.05, 4.69) is 26.3 Å². The summed E-state index contributed by atoms with van der Waals surface area (Å²) in [6.45, 7) is 4.18. The van der Waals surface area contributed by atoms with Gasteiger partial charge >= 0.3 is 0 Å². The Morgan fingerprint density at radius 2 is 2.00 bits per heavy atom. The summed E-state index contributed by atoms with van der Waals surface area (Å²) in [5.74, 6) is 1.60. The minimum absolute atomic E-state index is 0.260. The average Bonchev–Trinajstić information content (AvgIpc) is 2.54. The first-order chi connectivity index (χ1) is 10.4. The molecule has 0 bridgehead atoms. The van der Waals surface area contributed by atoms with E-state index in [-0.39, 0.29) is 6.61 Å². The first-order valence-corrected chi connectivity index (χ1v) is 7.63. The van der Waals surface area contributed by atoms with Crippen molar-refractivity contribution in [1.82, 2.24) is 14.9 Å². The monoisotopic (exact) mass is 286 g/mol. The lowest BCUT2D eigenvalue weighted by Crippen LogP contribution is -2.37. The second kappa shape index (κ2) is 6.83. The molecule has 0 unspecified atom stereocenters. The van der Waals surface area contributed by atoms with E-state index in [0.29, 0.717) is 5.92 Å². The largest absolute Gasteiger partial charge is 0.395 e. The lowest BCUT2D eigenvalue weighted by molar-refractivity contribution is 0.151. The van der Waals surface area contributed by atoms with Crippen molar-refractivity contribution in [3.05, 3.63) is 30.6 Å². The number of aliphatic hydroxyl groups is 1. The van der Waals surface area contributed by atoms with Crippen LogP contribution in [0.1, 0.15) is 12.8 Å². The smallest absolute Gasteiger partial charge is 0.137 e. The van der Waals surface area contributed by atoms with Crippen LogP contribution < -0.4 is 5.32 Å². The van der Waals surface area contributed by atoms with Gasteiger partial charge in [0.1, 0.15) is 12.1 Å². The highest BCUT2D eigenvalue weighted by molar-refractivity contribution is 5.88. The van der Waals surface area contributed by atoms with Crippen molar-refractivity contribution in [2.45, 2.75) is 12.8 Å². The highest BCUT2D eigenvalue weighted by Crippen LogP contribution is 2.21. The van der Waals surface area contributed by atoms with Gasteiger partial charge in [0.15, 0.2) is 0 Å². The third kappa shape index (κ3) is 3.49. The second-order valence-corrected chi connectivity index (χ2v) is 5.63. The summed E-state index contributed by atoms with van der Waals surface area (Å²) in [6, 6.07) is 8.08. The fourth-order valence-corrected chi connectivity index (χ4v) is 2.94. The van der Waals surface area contributed by atoms with Crippen molar-refractivity contribution in [1.29, 1.82) is 0 Å². The maximum Gasteiger partial charge on any atom is 0.137 e. The average molecular weight is 286 g/mol. The molecule has 2 N–H and O–H groups in total. The predicted octanol–water partition coefficient (Wildman–Crippen LogP) is 1.75. The summed E-state index contributed by atoms with van der Waals surface area (Å²) in [7, 11) is 0. The molecule has 1 aromatic heterocycles. The van der Waals surface area contributed by atoms with Crippen LogP contribution in [0.2, 0.25) is 0 Å². The fourth-order valence-electron chi connectivity index (χ4n) is 2.94. The van der Waals surface area contributed by atoms with Gasteiger partial charge in [-0.05, 0) is 44.0 Å². The van der Waals surface area contributed by atoms with Gasteiger partial charge in [-0.1, -0.05) is 12.1 Å². The van der Waals surface area contributed by atoms with Crippen molar-refractivity contribution in [2.75, 3.05) is 38.1 Å². The number of β-amino-alcohol motifs (C(OH)–C–C–N with tert-alkyl or cyclic N) is 1. The van der Waals surface area contributed by atoms with Crippen LogP contribution in [0.3, 0.4) is 0 Å². The van der Waals surface area contributed by atoms with Gasteiger partial charge in [0, 0.05) is 18.5 Å². The number of aliphatic hydroxyl groups excluding tert-OH is 1. The molecule has 3 rings (SSSR count). The Morgan fingerprint density at radius 1 is 1.19 bits per heavy atom. The molecule has 1 aromatic carbocycles. The normalized spacial score (nSPS) is 17.2. The van der Waals surface area contributed by atoms with Crippen LogP contribution in [-0.2, 0) is 0 Å². The molecule has 1 aliphatic heterocycles. The summed E-state index contributed by atoms with van der Waals surface area (Å²) < 4.78 is 0. The molecule has 5 nitrogen and oxygen atoms in total. The molecule has 1 aliphatic rings. The highest BCUT2D eigenvalue weighted by Gasteiger charge is 2.18. The molecule has 21 heavy (non-hydrogen) atoms. The predicted molar refractivity (Wildman–Crippen MR) is 84.3 cm³/mol. The first-order valence-electron chi connectivity index (χ1n) is 7.63. The van der Waals surface area contributed by atoms with Crippen molar-refractivity contribution in [3.8, 4) is 0 Å². The van der Waals surface area contributed by atoms with E-state index in [1.807, 2.05) is 18.2 Å². The molecular formula is C16H22N4O. The van der Waals surface area contributed by atoms with Gasteiger partial charge in [0.05, 0.1) is 12.1 Å². The zero-order valence-electron chi connectivity index (χ0n) is 12.2. The SMILES string of the molecule is OCCN1CCC(CNc2ncnc3ccccc23)CC1. The van der Waals surface area contributed by atoms with Gasteiger partial charge in [0.2, 0.25) is 0 Å². The molecule has 112 valence electrons. The van der Waals surface area contributed by atoms with Crippen LogP contribution >= 0.6 is 0 Å². The number of hydrogen-bond acceptors (Lipinski definition) is 5. The number of piperidine rings is 1. The molecule has 2 heterocycles. The lowest BCUT2D eigenvalue weighted by atomic mass is 9.97. The fraction of sp³-hybridized carbons (Fsp3) is 0.500. The van der Waals surface area contributed by atoms with Gasteiger partial charge < -0.3 is 15.3 Å². The van der Waals surface area contributed by atoms with E-state index in [4.69, 9.17) is 5.11 Å². The van der Waals surface area contributed by atoms with Crippen molar-refractivity contribution in [3.63, 3.8) is 0 Å². The van der Waals surface area contributed by atoms with Gasteiger partial charge in [-0.25, -0.2) is 9.97 Å². The quantitative estimate of drug-likeness (QED) is 0.877. The highest BCUT2D eigenvalue weighted by atomic mass is 16.3. The number of nitrogens with zero attached hydrogens (tertiary/aromatic N) is 3. The van der Waals surface area contributed by atoms with E-state index >= 15 is 0 Å². The molecule has 5 heteroatoms. The van der Waals surface area contributed by atoms with Crippen molar-refractivity contribution >= 4 is 16.7 Å². The molecular weight excluding hydrogens is 264 g/mol. The van der Waals surface area contributed by atoms with E-state index in [0.717, 1.165) is 42.9 Å². The van der Waals surface area contributed by atoms with Crippen molar-refractivity contribution in [2.24, 2.45) is 5.92 Å². The zero-order chi connectivity index (χ0) is 14.5. The second-order valence-electron chi connectivity index (χ2n) is 5.63. The molecule has 0 spiro atoms. The van der Waals surface area contributed by atoms with Gasteiger partial charge in [-0.3, -0.25) is 0 Å². The molecule has 0 atom stereocenters. The number of likely N-dealkylation sites (tertiary alicyclic amines) is 1. The number of anilines is 1. The van der Waals surface area contributed by atoms with E-state index in [9.17, 15) is 0 Å². The standard InChI is InChI=1S/C16H22N4O/c21-10-9-20-7-5-13(6-8-20)11-17-16-14-3-1-2-4-15(14)18-12-19-16/h1-4,12-13,21H,5-11H2,(H,17,18,19). The maximum atomic E-state index is 8.97. The summed E-state index contributed by atoms with van der Waals surface area (Å²) in [6.07, 6.45) is 3.97. The van der Waals surface area contributed by atoms with E-state index in [1.54, 1.807) is 6.33 Å². The molecule has 2 aromatic rings. The summed E-state index contributed by atoms with van der Waals surface area (Å²) >= 11 is 0. The number of nitrogens with one attached hydrogen (secondary N) is 1. The first kappa shape index (κ1) is 14.2. The Bertz CT molecular complexity index is 576. The van der Waals surface area contributed by atoms with Crippen LogP contribution in [0, 0.1) is 5.92 Å². The number of aromatic nitrogens is 2. The number of rotatable bonds is 5. The lowest BCUT2D eigenvalue weighted by Gasteiger charge is -2.31. The topological polar surface area (TPSA) is 61.3 Å². The van der Waals surface area contributed by atoms with E-state index in [1.165, 1.54) is 12.8 Å². The molecule has 0 radical (unpaired) electrons. The minimum atomic E-state index is 0.260. The number of para-hydroxylation sites is 1.